The summed E-state index contributed by atoms with van der Waals surface area (Å²) in [5, 5.41) is 0. The molecule has 0 unspecified atom stereocenters. The zero-order chi connectivity index (χ0) is 19.4. The Labute approximate surface area is 148 Å². The normalized spacial score (nSPS) is 11.8. The van der Waals surface area contributed by atoms with Crippen molar-refractivity contribution in [3.8, 4) is 0 Å². The molecule has 0 aliphatic carbocycles. The van der Waals surface area contributed by atoms with E-state index >= 15 is 0 Å². The Morgan fingerprint density at radius 1 is 1.08 bits per heavy atom. The van der Waals surface area contributed by atoms with E-state index in [1.807, 2.05) is 6.92 Å². The second-order valence-electron chi connectivity index (χ2n) is 5.31. The smallest absolute Gasteiger partial charge is 0.417 e. The lowest BCUT2D eigenvalue weighted by Crippen LogP contribution is -2.19. The molecule has 0 radical (unpaired) electrons. The number of esters is 1. The van der Waals surface area contributed by atoms with E-state index in [-0.39, 0.29) is 17.9 Å². The zero-order valence-corrected chi connectivity index (χ0v) is 14.5. The molecular formula is C17H16F3NO4S. The second kappa shape index (κ2) is 7.77. The van der Waals surface area contributed by atoms with Crippen LogP contribution in [-0.2, 0) is 20.9 Å². The highest BCUT2D eigenvalue weighted by molar-refractivity contribution is 7.92. The van der Waals surface area contributed by atoms with Gasteiger partial charge in [0.25, 0.3) is 10.0 Å². The Balaban J connectivity index is 2.24. The van der Waals surface area contributed by atoms with Gasteiger partial charge in [-0.15, -0.1) is 0 Å². The fourth-order valence-corrected chi connectivity index (χ4v) is 3.39. The van der Waals surface area contributed by atoms with Gasteiger partial charge in [-0.3, -0.25) is 4.72 Å². The first-order valence-electron chi connectivity index (χ1n) is 7.61. The second-order valence-corrected chi connectivity index (χ2v) is 6.96. The van der Waals surface area contributed by atoms with Crippen LogP contribution >= 0.6 is 0 Å². The molecule has 5 nitrogen and oxygen atoms in total. The number of hydrogen-bond donors (Lipinski definition) is 1. The van der Waals surface area contributed by atoms with Gasteiger partial charge < -0.3 is 4.74 Å². The summed E-state index contributed by atoms with van der Waals surface area (Å²) in [5.41, 5.74) is -1.03. The van der Waals surface area contributed by atoms with Crippen molar-refractivity contribution < 1.29 is 31.1 Å². The molecule has 9 heteroatoms. The molecule has 0 amide bonds. The zero-order valence-electron chi connectivity index (χ0n) is 13.7. The van der Waals surface area contributed by atoms with Gasteiger partial charge >= 0.3 is 12.1 Å². The van der Waals surface area contributed by atoms with E-state index in [1.54, 1.807) is 0 Å². The Hall–Kier alpha value is -2.55. The summed E-state index contributed by atoms with van der Waals surface area (Å²) < 4.78 is 70.7. The highest BCUT2D eigenvalue weighted by Gasteiger charge is 2.36. The van der Waals surface area contributed by atoms with Gasteiger partial charge in [-0.1, -0.05) is 19.1 Å². The van der Waals surface area contributed by atoms with Gasteiger partial charge in [0.15, 0.2) is 0 Å². The van der Waals surface area contributed by atoms with E-state index in [4.69, 9.17) is 4.74 Å². The van der Waals surface area contributed by atoms with E-state index in [1.165, 1.54) is 30.3 Å². The van der Waals surface area contributed by atoms with Crippen LogP contribution in [0, 0.1) is 0 Å². The number of halogens is 3. The van der Waals surface area contributed by atoms with Crippen molar-refractivity contribution in [3.63, 3.8) is 0 Å². The summed E-state index contributed by atoms with van der Waals surface area (Å²) in [6, 6.07) is 9.09. The minimum atomic E-state index is -4.81. The van der Waals surface area contributed by atoms with Gasteiger partial charge in [0, 0.05) is 5.69 Å². The predicted octanol–water partition coefficient (Wildman–Crippen LogP) is 4.07. The molecular weight excluding hydrogens is 371 g/mol. The number of anilines is 1. The van der Waals surface area contributed by atoms with Gasteiger partial charge in [0.05, 0.1) is 22.6 Å². The third-order valence-corrected chi connectivity index (χ3v) is 4.73. The topological polar surface area (TPSA) is 72.5 Å². The molecule has 0 saturated carbocycles. The van der Waals surface area contributed by atoms with Gasteiger partial charge in [-0.2, -0.15) is 13.2 Å². The number of carbonyl (C=O) groups excluding carboxylic acids is 1. The first-order chi connectivity index (χ1) is 12.1. The molecule has 2 rings (SSSR count). The van der Waals surface area contributed by atoms with Crippen molar-refractivity contribution in [2.45, 2.75) is 24.4 Å². The maximum atomic E-state index is 13.0. The molecule has 26 heavy (non-hydrogen) atoms. The maximum absolute atomic E-state index is 13.0. The molecule has 0 bridgehead atoms. The number of nitrogens with one attached hydrogen (secondary N) is 1. The molecule has 0 spiro atoms. The van der Waals surface area contributed by atoms with E-state index in [0.29, 0.717) is 12.5 Å². The molecule has 0 heterocycles. The number of alkyl halides is 3. The van der Waals surface area contributed by atoms with Crippen molar-refractivity contribution in [2.75, 3.05) is 11.3 Å². The summed E-state index contributed by atoms with van der Waals surface area (Å²) in [6.45, 7) is 2.09. The van der Waals surface area contributed by atoms with E-state index in [9.17, 15) is 26.4 Å². The summed E-state index contributed by atoms with van der Waals surface area (Å²) >= 11 is 0. The van der Waals surface area contributed by atoms with Crippen molar-refractivity contribution in [1.82, 2.24) is 0 Å². The van der Waals surface area contributed by atoms with Crippen molar-refractivity contribution in [3.05, 3.63) is 59.7 Å². The van der Waals surface area contributed by atoms with Crippen LogP contribution < -0.4 is 4.72 Å². The third kappa shape index (κ3) is 4.75. The molecule has 0 aliphatic heterocycles. The van der Waals surface area contributed by atoms with Crippen LogP contribution in [0.5, 0.6) is 0 Å². The van der Waals surface area contributed by atoms with Crippen LogP contribution in [0.2, 0.25) is 0 Å². The number of benzene rings is 2. The minimum Gasteiger partial charge on any atom is -0.462 e. The summed E-state index contributed by atoms with van der Waals surface area (Å²) in [4.78, 5) is 10.8. The van der Waals surface area contributed by atoms with Gasteiger partial charge in [0.2, 0.25) is 0 Å². The number of sulfonamides is 1. The Kier molecular flexibility index (Phi) is 5.91. The van der Waals surface area contributed by atoms with Crippen molar-refractivity contribution in [1.29, 1.82) is 0 Å². The van der Waals surface area contributed by atoms with Crippen LogP contribution in [0.3, 0.4) is 0 Å². The molecule has 0 atom stereocenters. The summed E-state index contributed by atoms with van der Waals surface area (Å²) in [7, 11) is -4.46. The lowest BCUT2D eigenvalue weighted by molar-refractivity contribution is -0.139. The van der Waals surface area contributed by atoms with Gasteiger partial charge in [-0.05, 0) is 42.8 Å². The first-order valence-corrected chi connectivity index (χ1v) is 9.09. The monoisotopic (exact) mass is 387 g/mol. The van der Waals surface area contributed by atoms with E-state index in [2.05, 4.69) is 4.72 Å². The quantitative estimate of drug-likeness (QED) is 0.759. The average molecular weight is 387 g/mol. The molecule has 0 aromatic heterocycles. The summed E-state index contributed by atoms with van der Waals surface area (Å²) in [5.74, 6) is -0.566. The molecule has 2 aromatic carbocycles. The summed E-state index contributed by atoms with van der Waals surface area (Å²) in [6.07, 6.45) is -4.15. The molecule has 2 aromatic rings. The molecule has 0 saturated heterocycles. The highest BCUT2D eigenvalue weighted by Crippen LogP contribution is 2.34. The predicted molar refractivity (Wildman–Crippen MR) is 89.3 cm³/mol. The maximum Gasteiger partial charge on any atom is 0.417 e. The highest BCUT2D eigenvalue weighted by atomic mass is 32.2. The fraction of sp³-hybridized carbons (Fsp3) is 0.235. The average Bonchev–Trinajstić information content (AvgIpc) is 2.59. The van der Waals surface area contributed by atoms with Crippen LogP contribution in [0.25, 0.3) is 0 Å². The molecule has 0 aliphatic rings. The Morgan fingerprint density at radius 3 is 2.27 bits per heavy atom. The Morgan fingerprint density at radius 2 is 1.69 bits per heavy atom. The standard InChI is InChI=1S/C17H16F3NO4S/c1-2-11-25-16(22)12-7-9-13(10-8-12)21-26(23,24)15-6-4-3-5-14(15)17(18,19)20/h3-10,21H,2,11H2,1H3. The minimum absolute atomic E-state index is 0.0222. The van der Waals surface area contributed by atoms with E-state index in [0.717, 1.165) is 12.1 Å². The number of hydrogen-bond acceptors (Lipinski definition) is 4. The number of rotatable bonds is 6. The van der Waals surface area contributed by atoms with Crippen LogP contribution in [-0.4, -0.2) is 21.0 Å². The lowest BCUT2D eigenvalue weighted by Gasteiger charge is -2.14. The number of ether oxygens (including phenoxy) is 1. The lowest BCUT2D eigenvalue weighted by atomic mass is 10.2. The third-order valence-electron chi connectivity index (χ3n) is 3.29. The van der Waals surface area contributed by atoms with Gasteiger partial charge in [-0.25, -0.2) is 13.2 Å². The molecule has 0 fully saturated rings. The fourth-order valence-electron chi connectivity index (χ4n) is 2.10. The van der Waals surface area contributed by atoms with Crippen molar-refractivity contribution >= 4 is 21.7 Å². The first kappa shape index (κ1) is 19.8. The van der Waals surface area contributed by atoms with Gasteiger partial charge in [0.1, 0.15) is 0 Å². The van der Waals surface area contributed by atoms with Crippen LogP contribution in [0.1, 0.15) is 29.3 Å². The number of carbonyl (C=O) groups is 1. The van der Waals surface area contributed by atoms with Crippen molar-refractivity contribution in [2.24, 2.45) is 0 Å². The largest absolute Gasteiger partial charge is 0.462 e. The molecule has 140 valence electrons. The Bertz CT molecular complexity index is 878. The van der Waals surface area contributed by atoms with Crippen LogP contribution in [0.4, 0.5) is 18.9 Å². The SMILES string of the molecule is CCCOC(=O)c1ccc(NS(=O)(=O)c2ccccc2C(F)(F)F)cc1. The van der Waals surface area contributed by atoms with E-state index < -0.39 is 32.6 Å². The molecule has 1 N–H and O–H groups in total. The van der Waals surface area contributed by atoms with Crippen LogP contribution in [0.15, 0.2) is 53.4 Å².